The summed E-state index contributed by atoms with van der Waals surface area (Å²) in [7, 11) is 1.99. The molecule has 0 saturated heterocycles. The van der Waals surface area contributed by atoms with Gasteiger partial charge in [0.05, 0.1) is 13.0 Å². The van der Waals surface area contributed by atoms with Crippen molar-refractivity contribution in [3.05, 3.63) is 65.9 Å². The van der Waals surface area contributed by atoms with E-state index < -0.39 is 0 Å². The number of amides is 1. The number of aromatic nitrogens is 3. The second-order valence-electron chi connectivity index (χ2n) is 7.33. The molecule has 0 aliphatic heterocycles. The van der Waals surface area contributed by atoms with Crippen molar-refractivity contribution < 1.29 is 9.90 Å². The fraction of sp³-hybridized carbons (Fsp3) is 0.217. The van der Waals surface area contributed by atoms with Gasteiger partial charge in [0.15, 0.2) is 5.13 Å². The number of carbonyl (C=O) groups excluding carboxylic acids is 1. The molecule has 9 heteroatoms. The van der Waals surface area contributed by atoms with Gasteiger partial charge < -0.3 is 20.6 Å². The van der Waals surface area contributed by atoms with Crippen LogP contribution >= 0.6 is 11.3 Å². The smallest absolute Gasteiger partial charge is 0.224 e. The summed E-state index contributed by atoms with van der Waals surface area (Å²) < 4.78 is 0. The molecule has 1 aromatic carbocycles. The molecule has 4 rings (SSSR count). The zero-order chi connectivity index (χ0) is 22.5. The SMILES string of the molecule is Cc1ccc(N(C)c2ccc3nc(Nc4cc(CC(=O)NCCO)ccn4)sc3n2)cc1. The first-order valence-corrected chi connectivity index (χ1v) is 11.0. The van der Waals surface area contributed by atoms with Crippen LogP contribution in [-0.4, -0.2) is 46.2 Å². The Morgan fingerprint density at radius 2 is 1.94 bits per heavy atom. The van der Waals surface area contributed by atoms with Gasteiger partial charge in [0.25, 0.3) is 0 Å². The molecule has 0 aliphatic carbocycles. The molecule has 0 saturated carbocycles. The third-order valence-electron chi connectivity index (χ3n) is 4.86. The first-order chi connectivity index (χ1) is 15.5. The number of benzene rings is 1. The molecule has 0 unspecified atom stereocenters. The summed E-state index contributed by atoms with van der Waals surface area (Å²) in [5.74, 6) is 1.30. The molecule has 32 heavy (non-hydrogen) atoms. The molecule has 0 atom stereocenters. The third kappa shape index (κ3) is 5.19. The lowest BCUT2D eigenvalue weighted by molar-refractivity contribution is -0.120. The quantitative estimate of drug-likeness (QED) is 0.379. The van der Waals surface area contributed by atoms with Crippen molar-refractivity contribution in [2.24, 2.45) is 0 Å². The van der Waals surface area contributed by atoms with Gasteiger partial charge in [0, 0.05) is 25.5 Å². The number of nitrogens with one attached hydrogen (secondary N) is 2. The second kappa shape index (κ2) is 9.71. The van der Waals surface area contributed by atoms with Crippen LogP contribution in [0.3, 0.4) is 0 Å². The van der Waals surface area contributed by atoms with Gasteiger partial charge in [-0.15, -0.1) is 0 Å². The number of carbonyl (C=O) groups is 1. The predicted octanol–water partition coefficient (Wildman–Crippen LogP) is 3.56. The van der Waals surface area contributed by atoms with Crippen LogP contribution in [-0.2, 0) is 11.2 Å². The van der Waals surface area contributed by atoms with Crippen molar-refractivity contribution in [2.45, 2.75) is 13.3 Å². The molecule has 0 radical (unpaired) electrons. The Morgan fingerprint density at radius 3 is 2.72 bits per heavy atom. The minimum atomic E-state index is -0.148. The second-order valence-corrected chi connectivity index (χ2v) is 8.31. The lowest BCUT2D eigenvalue weighted by atomic mass is 10.2. The third-order valence-corrected chi connectivity index (χ3v) is 5.74. The highest BCUT2D eigenvalue weighted by Gasteiger charge is 2.11. The minimum absolute atomic E-state index is 0.0803. The van der Waals surface area contributed by atoms with Crippen molar-refractivity contribution >= 4 is 50.0 Å². The molecule has 3 N–H and O–H groups in total. The summed E-state index contributed by atoms with van der Waals surface area (Å²) in [6, 6.07) is 15.8. The van der Waals surface area contributed by atoms with Crippen LogP contribution in [0.5, 0.6) is 0 Å². The van der Waals surface area contributed by atoms with Crippen LogP contribution in [0.25, 0.3) is 10.3 Å². The van der Waals surface area contributed by atoms with Crippen LogP contribution in [0.1, 0.15) is 11.1 Å². The van der Waals surface area contributed by atoms with Crippen molar-refractivity contribution in [2.75, 3.05) is 30.4 Å². The topological polar surface area (TPSA) is 103 Å². The van der Waals surface area contributed by atoms with E-state index in [0.29, 0.717) is 10.9 Å². The molecule has 4 aromatic rings. The summed E-state index contributed by atoms with van der Waals surface area (Å²) in [5, 5.41) is 15.3. The standard InChI is InChI=1S/C23H24N6O2S/c1-15-3-5-17(6-4-15)29(2)20-8-7-18-22(28-20)32-23(26-18)27-19-13-16(9-10-24-19)14-21(31)25-11-12-30/h3-10,13,30H,11-12,14H2,1-2H3,(H,25,31)(H,24,26,27). The predicted molar refractivity (Wildman–Crippen MR) is 128 cm³/mol. The summed E-state index contributed by atoms with van der Waals surface area (Å²) in [5.41, 5.74) is 3.90. The largest absolute Gasteiger partial charge is 0.395 e. The molecule has 0 aliphatic rings. The van der Waals surface area contributed by atoms with Crippen LogP contribution in [0.15, 0.2) is 54.7 Å². The Kier molecular flexibility index (Phi) is 6.58. The van der Waals surface area contributed by atoms with Gasteiger partial charge in [-0.1, -0.05) is 29.0 Å². The van der Waals surface area contributed by atoms with Crippen molar-refractivity contribution in [3.8, 4) is 0 Å². The molecule has 8 nitrogen and oxygen atoms in total. The number of hydrogen-bond donors (Lipinski definition) is 3. The zero-order valence-corrected chi connectivity index (χ0v) is 18.7. The van der Waals surface area contributed by atoms with E-state index in [1.807, 2.05) is 30.1 Å². The van der Waals surface area contributed by atoms with E-state index in [-0.39, 0.29) is 25.5 Å². The molecule has 0 bridgehead atoms. The highest BCUT2D eigenvalue weighted by molar-refractivity contribution is 7.21. The average Bonchev–Trinajstić information content (AvgIpc) is 3.19. The number of thiazole rings is 1. The number of rotatable bonds is 8. The molecule has 164 valence electrons. The normalized spacial score (nSPS) is 10.8. The van der Waals surface area contributed by atoms with E-state index >= 15 is 0 Å². The number of hydrogen-bond acceptors (Lipinski definition) is 8. The molecular weight excluding hydrogens is 424 g/mol. The van der Waals surface area contributed by atoms with Gasteiger partial charge in [-0.05, 0) is 48.9 Å². The van der Waals surface area contributed by atoms with Crippen molar-refractivity contribution in [3.63, 3.8) is 0 Å². The molecular formula is C23H24N6O2S. The highest BCUT2D eigenvalue weighted by atomic mass is 32.1. The van der Waals surface area contributed by atoms with Crippen molar-refractivity contribution in [1.29, 1.82) is 0 Å². The van der Waals surface area contributed by atoms with Crippen molar-refractivity contribution in [1.82, 2.24) is 20.3 Å². The minimum Gasteiger partial charge on any atom is -0.395 e. The van der Waals surface area contributed by atoms with Gasteiger partial charge in [-0.25, -0.2) is 15.0 Å². The summed E-state index contributed by atoms with van der Waals surface area (Å²) in [6.07, 6.45) is 1.87. The maximum Gasteiger partial charge on any atom is 0.224 e. The first kappa shape index (κ1) is 21.7. The van der Waals surface area contributed by atoms with E-state index in [1.165, 1.54) is 16.9 Å². The van der Waals surface area contributed by atoms with Gasteiger partial charge >= 0.3 is 0 Å². The maximum absolute atomic E-state index is 11.9. The summed E-state index contributed by atoms with van der Waals surface area (Å²) in [4.78, 5) is 28.4. The van der Waals surface area contributed by atoms with Crippen LogP contribution < -0.4 is 15.5 Å². The fourth-order valence-corrected chi connectivity index (χ4v) is 3.99. The summed E-state index contributed by atoms with van der Waals surface area (Å²) >= 11 is 1.45. The highest BCUT2D eigenvalue weighted by Crippen LogP contribution is 2.30. The Hall–Kier alpha value is -3.56. The number of aliphatic hydroxyl groups is 1. The number of pyridine rings is 2. The molecule has 1 amide bonds. The molecule has 3 heterocycles. The van der Waals surface area contributed by atoms with Gasteiger partial charge in [-0.3, -0.25) is 4.79 Å². The number of anilines is 4. The van der Waals surface area contributed by atoms with E-state index in [4.69, 9.17) is 10.1 Å². The van der Waals surface area contributed by atoms with E-state index in [9.17, 15) is 4.79 Å². The number of aliphatic hydroxyl groups excluding tert-OH is 1. The monoisotopic (exact) mass is 448 g/mol. The Balaban J connectivity index is 1.49. The Morgan fingerprint density at radius 1 is 1.12 bits per heavy atom. The number of aryl methyl sites for hydroxylation is 1. The van der Waals surface area contributed by atoms with Gasteiger partial charge in [0.2, 0.25) is 5.91 Å². The van der Waals surface area contributed by atoms with Gasteiger partial charge in [0.1, 0.15) is 22.0 Å². The lowest BCUT2D eigenvalue weighted by Gasteiger charge is -2.18. The number of nitrogens with zero attached hydrogens (tertiary/aromatic N) is 4. The van der Waals surface area contributed by atoms with E-state index in [2.05, 4.69) is 51.8 Å². The summed E-state index contributed by atoms with van der Waals surface area (Å²) in [6.45, 7) is 2.23. The maximum atomic E-state index is 11.9. The average molecular weight is 449 g/mol. The number of fused-ring (bicyclic) bond motifs is 1. The molecule has 3 aromatic heterocycles. The van der Waals surface area contributed by atoms with E-state index in [0.717, 1.165) is 27.4 Å². The van der Waals surface area contributed by atoms with E-state index in [1.54, 1.807) is 12.3 Å². The van der Waals surface area contributed by atoms with Crippen LogP contribution in [0.4, 0.5) is 22.5 Å². The van der Waals surface area contributed by atoms with Crippen LogP contribution in [0, 0.1) is 6.92 Å². The fourth-order valence-electron chi connectivity index (χ4n) is 3.15. The zero-order valence-electron chi connectivity index (χ0n) is 17.9. The lowest BCUT2D eigenvalue weighted by Crippen LogP contribution is -2.27. The molecule has 0 spiro atoms. The van der Waals surface area contributed by atoms with Crippen LogP contribution in [0.2, 0.25) is 0 Å². The Labute approximate surface area is 190 Å². The first-order valence-electron chi connectivity index (χ1n) is 10.2. The van der Waals surface area contributed by atoms with Gasteiger partial charge in [-0.2, -0.15) is 0 Å². The molecule has 0 fully saturated rings. The Bertz CT molecular complexity index is 1220.